The molecule has 1 atom stereocenters. The van der Waals surface area contributed by atoms with E-state index in [4.69, 9.17) is 4.74 Å². The summed E-state index contributed by atoms with van der Waals surface area (Å²) in [5.74, 6) is 0.000949. The Labute approximate surface area is 107 Å². The van der Waals surface area contributed by atoms with Gasteiger partial charge in [-0.25, -0.2) is 0 Å². The second-order valence-corrected chi connectivity index (χ2v) is 4.88. The Morgan fingerprint density at radius 3 is 2.72 bits per heavy atom. The molecule has 4 heteroatoms. The van der Waals surface area contributed by atoms with Crippen molar-refractivity contribution in [1.29, 1.82) is 0 Å². The molecule has 0 spiro atoms. The van der Waals surface area contributed by atoms with Crippen molar-refractivity contribution in [1.82, 2.24) is 4.90 Å². The SMILES string of the molecule is CC1(C)OCC(C=O)N1CC(=O)c1ccccc1. The van der Waals surface area contributed by atoms with Crippen molar-refractivity contribution in [3.8, 4) is 0 Å². The zero-order chi connectivity index (χ0) is 13.2. The minimum Gasteiger partial charge on any atom is -0.359 e. The van der Waals surface area contributed by atoms with Gasteiger partial charge in [0.15, 0.2) is 5.78 Å². The van der Waals surface area contributed by atoms with Crippen LogP contribution in [0.25, 0.3) is 0 Å². The summed E-state index contributed by atoms with van der Waals surface area (Å²) in [4.78, 5) is 24.9. The number of aldehydes is 1. The number of ether oxygens (including phenoxy) is 1. The van der Waals surface area contributed by atoms with Crippen molar-refractivity contribution in [3.05, 3.63) is 35.9 Å². The first-order chi connectivity index (χ1) is 8.54. The van der Waals surface area contributed by atoms with E-state index in [0.29, 0.717) is 12.2 Å². The van der Waals surface area contributed by atoms with Crippen LogP contribution in [0.2, 0.25) is 0 Å². The average molecular weight is 247 g/mol. The van der Waals surface area contributed by atoms with Gasteiger partial charge in [0.2, 0.25) is 0 Å². The highest BCUT2D eigenvalue weighted by atomic mass is 16.5. The topological polar surface area (TPSA) is 46.6 Å². The highest BCUT2D eigenvalue weighted by Crippen LogP contribution is 2.26. The first kappa shape index (κ1) is 12.9. The van der Waals surface area contributed by atoms with E-state index < -0.39 is 5.72 Å². The van der Waals surface area contributed by atoms with Gasteiger partial charge in [0.1, 0.15) is 12.0 Å². The molecule has 0 aliphatic carbocycles. The summed E-state index contributed by atoms with van der Waals surface area (Å²) in [6, 6.07) is 8.75. The van der Waals surface area contributed by atoms with E-state index in [1.54, 1.807) is 17.0 Å². The summed E-state index contributed by atoms with van der Waals surface area (Å²) in [5.41, 5.74) is 0.0839. The Hall–Kier alpha value is -1.52. The van der Waals surface area contributed by atoms with Gasteiger partial charge in [-0.3, -0.25) is 9.69 Å². The minimum atomic E-state index is -0.573. The highest BCUT2D eigenvalue weighted by Gasteiger charge is 2.41. The normalized spacial score (nSPS) is 22.9. The Balaban J connectivity index is 2.13. The summed E-state index contributed by atoms with van der Waals surface area (Å²) in [5, 5.41) is 0. The quantitative estimate of drug-likeness (QED) is 0.597. The molecule has 0 amide bonds. The second kappa shape index (κ2) is 5.00. The molecule has 96 valence electrons. The minimum absolute atomic E-state index is 0.000949. The molecule has 18 heavy (non-hydrogen) atoms. The summed E-state index contributed by atoms with van der Waals surface area (Å²) >= 11 is 0. The summed E-state index contributed by atoms with van der Waals surface area (Å²) in [6.07, 6.45) is 0.840. The summed E-state index contributed by atoms with van der Waals surface area (Å²) in [7, 11) is 0. The molecule has 0 aromatic heterocycles. The van der Waals surface area contributed by atoms with Crippen LogP contribution < -0.4 is 0 Å². The fraction of sp³-hybridized carbons (Fsp3) is 0.429. The van der Waals surface area contributed by atoms with Crippen LogP contribution in [0.3, 0.4) is 0 Å². The highest BCUT2D eigenvalue weighted by molar-refractivity contribution is 5.97. The molecule has 1 fully saturated rings. The Bertz CT molecular complexity index is 442. The van der Waals surface area contributed by atoms with E-state index in [-0.39, 0.29) is 18.4 Å². The van der Waals surface area contributed by atoms with Gasteiger partial charge in [0.05, 0.1) is 19.2 Å². The van der Waals surface area contributed by atoms with Crippen molar-refractivity contribution in [2.75, 3.05) is 13.2 Å². The number of hydrogen-bond acceptors (Lipinski definition) is 4. The molecule has 2 rings (SSSR count). The number of hydrogen-bond donors (Lipinski definition) is 0. The maximum absolute atomic E-state index is 12.1. The van der Waals surface area contributed by atoms with Gasteiger partial charge in [-0.05, 0) is 13.8 Å². The molecule has 1 aromatic rings. The Kier molecular flexibility index (Phi) is 3.59. The van der Waals surface area contributed by atoms with E-state index in [1.807, 2.05) is 32.0 Å². The van der Waals surface area contributed by atoms with Crippen LogP contribution in [0.5, 0.6) is 0 Å². The molecule has 0 radical (unpaired) electrons. The molecular weight excluding hydrogens is 230 g/mol. The lowest BCUT2D eigenvalue weighted by Gasteiger charge is -2.31. The van der Waals surface area contributed by atoms with Crippen LogP contribution in [0.4, 0.5) is 0 Å². The maximum Gasteiger partial charge on any atom is 0.176 e. The van der Waals surface area contributed by atoms with Gasteiger partial charge < -0.3 is 9.53 Å². The predicted octanol–water partition coefficient (Wildman–Crippen LogP) is 1.51. The fourth-order valence-electron chi connectivity index (χ4n) is 2.15. The lowest BCUT2D eigenvalue weighted by Crippen LogP contribution is -2.47. The largest absolute Gasteiger partial charge is 0.359 e. The number of carbonyl (C=O) groups is 2. The fourth-order valence-corrected chi connectivity index (χ4v) is 2.15. The average Bonchev–Trinajstić information content (AvgIpc) is 2.66. The van der Waals surface area contributed by atoms with E-state index >= 15 is 0 Å². The number of nitrogens with zero attached hydrogens (tertiary/aromatic N) is 1. The van der Waals surface area contributed by atoms with E-state index in [1.165, 1.54) is 0 Å². The van der Waals surface area contributed by atoms with Gasteiger partial charge >= 0.3 is 0 Å². The summed E-state index contributed by atoms with van der Waals surface area (Å²) < 4.78 is 5.54. The van der Waals surface area contributed by atoms with Crippen molar-refractivity contribution in [3.63, 3.8) is 0 Å². The van der Waals surface area contributed by atoms with Crippen LogP contribution in [0.1, 0.15) is 24.2 Å². The van der Waals surface area contributed by atoms with Gasteiger partial charge in [-0.1, -0.05) is 30.3 Å². The van der Waals surface area contributed by atoms with Crippen molar-refractivity contribution in [2.24, 2.45) is 0 Å². The van der Waals surface area contributed by atoms with Gasteiger partial charge in [-0.2, -0.15) is 0 Å². The molecule has 1 aromatic carbocycles. The predicted molar refractivity (Wildman–Crippen MR) is 67.4 cm³/mol. The number of rotatable bonds is 4. The first-order valence-electron chi connectivity index (χ1n) is 5.99. The smallest absolute Gasteiger partial charge is 0.176 e. The van der Waals surface area contributed by atoms with Crippen molar-refractivity contribution >= 4 is 12.1 Å². The number of carbonyl (C=O) groups excluding carboxylic acids is 2. The zero-order valence-electron chi connectivity index (χ0n) is 10.6. The van der Waals surface area contributed by atoms with Crippen molar-refractivity contribution < 1.29 is 14.3 Å². The molecule has 4 nitrogen and oxygen atoms in total. The molecule has 0 N–H and O–H groups in total. The maximum atomic E-state index is 12.1. The van der Waals surface area contributed by atoms with Crippen molar-refractivity contribution in [2.45, 2.75) is 25.6 Å². The number of Topliss-reactive ketones (excluding diaryl/α,β-unsaturated/α-hetero) is 1. The van der Waals surface area contributed by atoms with Crippen LogP contribution in [-0.2, 0) is 9.53 Å². The third kappa shape index (κ3) is 2.49. The molecule has 0 bridgehead atoms. The van der Waals surface area contributed by atoms with Gasteiger partial charge in [0, 0.05) is 5.56 Å². The Morgan fingerprint density at radius 1 is 1.44 bits per heavy atom. The van der Waals surface area contributed by atoms with Crippen LogP contribution in [0.15, 0.2) is 30.3 Å². The Morgan fingerprint density at radius 2 is 2.11 bits per heavy atom. The molecular formula is C14H17NO3. The first-order valence-corrected chi connectivity index (χ1v) is 5.99. The standard InChI is InChI=1S/C14H17NO3/c1-14(2)15(12(9-16)10-18-14)8-13(17)11-6-4-3-5-7-11/h3-7,9,12H,8,10H2,1-2H3. The lowest BCUT2D eigenvalue weighted by molar-refractivity contribution is -0.112. The van der Waals surface area contributed by atoms with E-state index in [2.05, 4.69) is 0 Å². The van der Waals surface area contributed by atoms with E-state index in [0.717, 1.165) is 6.29 Å². The summed E-state index contributed by atoms with van der Waals surface area (Å²) in [6.45, 7) is 4.28. The van der Waals surface area contributed by atoms with E-state index in [9.17, 15) is 9.59 Å². The van der Waals surface area contributed by atoms with Crippen LogP contribution >= 0.6 is 0 Å². The van der Waals surface area contributed by atoms with Gasteiger partial charge in [-0.15, -0.1) is 0 Å². The van der Waals surface area contributed by atoms with Gasteiger partial charge in [0.25, 0.3) is 0 Å². The number of benzene rings is 1. The molecule has 1 aliphatic rings. The zero-order valence-corrected chi connectivity index (χ0v) is 10.6. The monoisotopic (exact) mass is 247 g/mol. The second-order valence-electron chi connectivity index (χ2n) is 4.88. The molecule has 1 aliphatic heterocycles. The third-order valence-corrected chi connectivity index (χ3v) is 3.27. The molecule has 1 unspecified atom stereocenters. The van der Waals surface area contributed by atoms with Crippen LogP contribution in [0, 0.1) is 0 Å². The number of ketones is 1. The molecule has 0 saturated carbocycles. The molecule has 1 saturated heterocycles. The third-order valence-electron chi connectivity index (χ3n) is 3.27. The lowest BCUT2D eigenvalue weighted by atomic mass is 10.1. The molecule has 1 heterocycles. The van der Waals surface area contributed by atoms with Crippen LogP contribution in [-0.4, -0.2) is 41.9 Å².